The largest absolute Gasteiger partial charge is 0.467 e. The van der Waals surface area contributed by atoms with Gasteiger partial charge in [-0.2, -0.15) is 0 Å². The number of aliphatic imine (C=N–C) groups is 1. The van der Waals surface area contributed by atoms with Gasteiger partial charge in [0.05, 0.1) is 11.3 Å². The number of amides is 1. The Morgan fingerprint density at radius 2 is 2.00 bits per heavy atom. The van der Waals surface area contributed by atoms with Crippen molar-refractivity contribution in [3.05, 3.63) is 0 Å². The zero-order chi connectivity index (χ0) is 16.9. The van der Waals surface area contributed by atoms with Gasteiger partial charge in [-0.15, -0.1) is 0 Å². The van der Waals surface area contributed by atoms with Crippen LogP contribution in [0.15, 0.2) is 4.99 Å². The van der Waals surface area contributed by atoms with Crippen molar-refractivity contribution >= 4 is 38.7 Å². The molecule has 0 bridgehead atoms. The normalized spacial score (nSPS) is 31.0. The molecule has 0 N–H and O–H groups in total. The van der Waals surface area contributed by atoms with E-state index in [9.17, 15) is 9.59 Å². The lowest BCUT2D eigenvalue weighted by atomic mass is 9.85. The first-order chi connectivity index (χ1) is 10.1. The highest BCUT2D eigenvalue weighted by molar-refractivity contribution is 14.1. The molecule has 1 saturated heterocycles. The number of carbonyl (C=O) groups excluding carboxylic acids is 2. The predicted molar refractivity (Wildman–Crippen MR) is 94.0 cm³/mol. The first kappa shape index (κ1) is 17.7. The van der Waals surface area contributed by atoms with Crippen molar-refractivity contribution in [3.63, 3.8) is 0 Å². The van der Waals surface area contributed by atoms with Crippen molar-refractivity contribution in [3.8, 4) is 0 Å². The fraction of sp³-hybridized carbons (Fsp3) is 0.812. The molecule has 1 heterocycles. The van der Waals surface area contributed by atoms with E-state index in [1.54, 1.807) is 9.12 Å². The highest BCUT2D eigenvalue weighted by Crippen LogP contribution is 2.65. The number of rotatable bonds is 3. The lowest BCUT2D eigenvalue weighted by molar-refractivity contribution is -0.154. The molecule has 6 heteroatoms. The lowest BCUT2D eigenvalue weighted by Gasteiger charge is -2.34. The van der Waals surface area contributed by atoms with Gasteiger partial charge in [0.1, 0.15) is 12.1 Å². The molecule has 2 fully saturated rings. The van der Waals surface area contributed by atoms with Crippen molar-refractivity contribution in [2.45, 2.75) is 46.7 Å². The minimum Gasteiger partial charge on any atom is -0.467 e. The predicted octanol–water partition coefficient (Wildman–Crippen LogP) is 2.52. The first-order valence-corrected chi connectivity index (χ1v) is 8.82. The second kappa shape index (κ2) is 5.76. The highest BCUT2D eigenvalue weighted by Gasteiger charge is 2.70. The van der Waals surface area contributed by atoms with Crippen LogP contribution < -0.4 is 0 Å². The molecule has 0 spiro atoms. The summed E-state index contributed by atoms with van der Waals surface area (Å²) in [5, 5.41) is 0. The number of halogens is 1. The van der Waals surface area contributed by atoms with Gasteiger partial charge in [0.15, 0.2) is 0 Å². The molecule has 22 heavy (non-hydrogen) atoms. The zero-order valence-corrected chi connectivity index (χ0v) is 16.2. The third kappa shape index (κ3) is 2.78. The molecule has 1 amide bonds. The molecule has 2 aliphatic rings. The fourth-order valence-corrected chi connectivity index (χ4v) is 4.10. The molecule has 4 atom stereocenters. The van der Waals surface area contributed by atoms with Crippen LogP contribution in [-0.4, -0.2) is 46.7 Å². The molecule has 1 aliphatic carbocycles. The van der Waals surface area contributed by atoms with E-state index in [1.165, 1.54) is 7.11 Å². The summed E-state index contributed by atoms with van der Waals surface area (Å²) in [6.07, 6.45) is 0. The SMILES string of the molecule is COC(=O)[C@@H]1[C@@H]2[C@H](CN1C(=O)[C@@H](/N=C\I)C(C)(C)C)C2(C)C. The summed E-state index contributed by atoms with van der Waals surface area (Å²) in [5.74, 6) is 0.203. The Hall–Kier alpha value is -0.660. The second-order valence-electron chi connectivity index (χ2n) is 7.93. The molecule has 0 aromatic heterocycles. The number of methoxy groups -OCH3 is 1. The Kier molecular flexibility index (Phi) is 4.63. The number of carbonyl (C=O) groups is 2. The molecule has 0 radical (unpaired) electrons. The van der Waals surface area contributed by atoms with Crippen LogP contribution in [0, 0.1) is 22.7 Å². The molecular weight excluding hydrogens is 395 g/mol. The standard InChI is InChI=1S/C16H25IN2O3/c1-15(2,3)12(18-8-17)13(20)19-7-9-10(16(9,4)5)11(19)14(21)22-6/h8-12H,7H2,1-6H3/b18-8-/t9-,10-,11-,12+/m0/s1. The van der Waals surface area contributed by atoms with Gasteiger partial charge in [0.2, 0.25) is 5.91 Å². The summed E-state index contributed by atoms with van der Waals surface area (Å²) < 4.78 is 6.60. The van der Waals surface area contributed by atoms with Crippen LogP contribution in [0.25, 0.3) is 0 Å². The van der Waals surface area contributed by atoms with Crippen molar-refractivity contribution in [1.82, 2.24) is 4.90 Å². The van der Waals surface area contributed by atoms with Crippen LogP contribution in [0.3, 0.4) is 0 Å². The van der Waals surface area contributed by atoms with E-state index in [2.05, 4.69) is 18.8 Å². The van der Waals surface area contributed by atoms with Gasteiger partial charge in [-0.1, -0.05) is 34.6 Å². The lowest BCUT2D eigenvalue weighted by Crippen LogP contribution is -2.51. The highest BCUT2D eigenvalue weighted by atomic mass is 127. The van der Waals surface area contributed by atoms with Gasteiger partial charge in [0.25, 0.3) is 0 Å². The number of nitrogens with zero attached hydrogens (tertiary/aromatic N) is 2. The van der Waals surface area contributed by atoms with E-state index in [-0.39, 0.29) is 28.6 Å². The van der Waals surface area contributed by atoms with E-state index in [0.717, 1.165) is 0 Å². The van der Waals surface area contributed by atoms with Crippen LogP contribution in [0.4, 0.5) is 0 Å². The smallest absolute Gasteiger partial charge is 0.328 e. The summed E-state index contributed by atoms with van der Waals surface area (Å²) in [6, 6.07) is -0.941. The Morgan fingerprint density at radius 3 is 2.45 bits per heavy atom. The van der Waals surface area contributed by atoms with Gasteiger partial charge in [-0.25, -0.2) is 4.79 Å². The van der Waals surface area contributed by atoms with E-state index in [1.807, 2.05) is 43.4 Å². The molecular formula is C16H25IN2O3. The summed E-state index contributed by atoms with van der Waals surface area (Å²) in [7, 11) is 1.39. The van der Waals surface area contributed by atoms with Crippen LogP contribution in [0.1, 0.15) is 34.6 Å². The average molecular weight is 420 g/mol. The van der Waals surface area contributed by atoms with Crippen molar-refractivity contribution in [1.29, 1.82) is 0 Å². The van der Waals surface area contributed by atoms with E-state index >= 15 is 0 Å². The number of likely N-dealkylation sites (tertiary alicyclic amines) is 1. The molecule has 1 saturated carbocycles. The third-order valence-corrected chi connectivity index (χ3v) is 5.52. The Morgan fingerprint density at radius 1 is 1.41 bits per heavy atom. The summed E-state index contributed by atoms with van der Waals surface area (Å²) in [4.78, 5) is 31.3. The van der Waals surface area contributed by atoms with Crippen LogP contribution in [-0.2, 0) is 14.3 Å². The van der Waals surface area contributed by atoms with Gasteiger partial charge in [-0.3, -0.25) is 9.79 Å². The van der Waals surface area contributed by atoms with E-state index < -0.39 is 12.1 Å². The number of esters is 1. The van der Waals surface area contributed by atoms with E-state index in [4.69, 9.17) is 4.74 Å². The maximum absolute atomic E-state index is 13.0. The third-order valence-electron chi connectivity index (χ3n) is 5.19. The Bertz CT molecular complexity index is 510. The Balaban J connectivity index is 2.28. The monoisotopic (exact) mass is 420 g/mol. The number of hydrogen-bond donors (Lipinski definition) is 0. The first-order valence-electron chi connectivity index (χ1n) is 7.57. The van der Waals surface area contributed by atoms with Gasteiger partial charge >= 0.3 is 5.97 Å². The van der Waals surface area contributed by atoms with Gasteiger partial charge in [-0.05, 0) is 39.3 Å². The molecule has 0 aromatic rings. The maximum atomic E-state index is 13.0. The van der Waals surface area contributed by atoms with Crippen molar-refractivity contribution in [2.75, 3.05) is 13.7 Å². The molecule has 0 unspecified atom stereocenters. The van der Waals surface area contributed by atoms with Gasteiger partial charge < -0.3 is 9.64 Å². The fourth-order valence-electron chi connectivity index (χ4n) is 3.77. The molecule has 1 aliphatic heterocycles. The quantitative estimate of drug-likeness (QED) is 0.401. The van der Waals surface area contributed by atoms with Crippen LogP contribution in [0.2, 0.25) is 0 Å². The number of fused-ring (bicyclic) bond motifs is 1. The van der Waals surface area contributed by atoms with Crippen molar-refractivity contribution < 1.29 is 14.3 Å². The van der Waals surface area contributed by atoms with Crippen molar-refractivity contribution in [2.24, 2.45) is 27.7 Å². The second-order valence-corrected chi connectivity index (χ2v) is 8.48. The van der Waals surface area contributed by atoms with Crippen LogP contribution >= 0.6 is 22.6 Å². The zero-order valence-electron chi connectivity index (χ0n) is 14.1. The summed E-state index contributed by atoms with van der Waals surface area (Å²) >= 11 is 2.03. The number of piperidine rings is 1. The Labute approximate surface area is 146 Å². The topological polar surface area (TPSA) is 59.0 Å². The summed E-state index contributed by atoms with van der Waals surface area (Å²) in [6.45, 7) is 10.9. The molecule has 0 aromatic carbocycles. The minimum absolute atomic E-state index is 0.0705. The van der Waals surface area contributed by atoms with Gasteiger partial charge in [0, 0.05) is 12.5 Å². The number of ether oxygens (including phenoxy) is 1. The number of hydrogen-bond acceptors (Lipinski definition) is 4. The minimum atomic E-state index is -0.475. The molecule has 5 nitrogen and oxygen atoms in total. The summed E-state index contributed by atoms with van der Waals surface area (Å²) in [5.41, 5.74) is -0.179. The molecule has 2 rings (SSSR count). The van der Waals surface area contributed by atoms with E-state index in [0.29, 0.717) is 12.5 Å². The van der Waals surface area contributed by atoms with Crippen LogP contribution in [0.5, 0.6) is 0 Å². The maximum Gasteiger partial charge on any atom is 0.328 e. The molecule has 124 valence electrons. The average Bonchev–Trinajstić information content (AvgIpc) is 2.79.